The van der Waals surface area contributed by atoms with Crippen LogP contribution in [0.15, 0.2) is 0 Å². The molecule has 1 saturated heterocycles. The van der Waals surface area contributed by atoms with Gasteiger partial charge in [0.15, 0.2) is 5.78 Å². The van der Waals surface area contributed by atoms with Crippen molar-refractivity contribution < 1.29 is 14.3 Å². The lowest BCUT2D eigenvalue weighted by Gasteiger charge is -2.11. The molecule has 72 valence electrons. The highest BCUT2D eigenvalue weighted by atomic mass is 16.5. The Balaban J connectivity index is 1.98. The third kappa shape index (κ3) is 1.58. The molecule has 2 fully saturated rings. The van der Waals surface area contributed by atoms with Crippen LogP contribution in [0.3, 0.4) is 0 Å². The Hall–Kier alpha value is -0.900. The fourth-order valence-electron chi connectivity index (χ4n) is 1.78. The van der Waals surface area contributed by atoms with E-state index in [0.717, 1.165) is 0 Å². The summed E-state index contributed by atoms with van der Waals surface area (Å²) in [4.78, 5) is 24.6. The van der Waals surface area contributed by atoms with E-state index in [1.165, 1.54) is 20.0 Å². The van der Waals surface area contributed by atoms with E-state index in [1.807, 2.05) is 0 Å². The summed E-state index contributed by atoms with van der Waals surface area (Å²) in [6, 6.07) is 0.554. The Kier molecular flexibility index (Phi) is 2.07. The van der Waals surface area contributed by atoms with Gasteiger partial charge in [-0.1, -0.05) is 0 Å². The van der Waals surface area contributed by atoms with Crippen molar-refractivity contribution in [3.8, 4) is 0 Å². The molecule has 0 bridgehead atoms. The minimum atomic E-state index is -0.523. The highest BCUT2D eigenvalue weighted by molar-refractivity contribution is 6.01. The van der Waals surface area contributed by atoms with Crippen LogP contribution >= 0.6 is 0 Å². The predicted molar refractivity (Wildman–Crippen MR) is 45.1 cm³/mol. The number of nitrogens with zero attached hydrogens (tertiary/aromatic N) is 1. The summed E-state index contributed by atoms with van der Waals surface area (Å²) in [5, 5.41) is 0. The van der Waals surface area contributed by atoms with Crippen molar-refractivity contribution in [1.82, 2.24) is 4.90 Å². The Morgan fingerprint density at radius 2 is 2.23 bits per heavy atom. The molecule has 0 N–H and O–H groups in total. The second-order valence-electron chi connectivity index (χ2n) is 3.70. The second-order valence-corrected chi connectivity index (χ2v) is 3.70. The molecule has 0 spiro atoms. The number of carbonyl (C=O) groups excluding carboxylic acids is 2. The van der Waals surface area contributed by atoms with Crippen molar-refractivity contribution in [2.24, 2.45) is 5.92 Å². The number of rotatable bonds is 2. The summed E-state index contributed by atoms with van der Waals surface area (Å²) in [5.41, 5.74) is 0. The molecular formula is C9H13NO3. The number of Topliss-reactive ketones (excluding diaryl/α,β-unsaturated/α-hetero) is 1. The van der Waals surface area contributed by atoms with E-state index in [9.17, 15) is 9.59 Å². The van der Waals surface area contributed by atoms with E-state index in [1.54, 1.807) is 0 Å². The second kappa shape index (κ2) is 3.10. The van der Waals surface area contributed by atoms with Gasteiger partial charge in [0.05, 0.1) is 13.7 Å². The molecule has 1 aliphatic heterocycles. The van der Waals surface area contributed by atoms with Gasteiger partial charge in [0.1, 0.15) is 5.92 Å². The summed E-state index contributed by atoms with van der Waals surface area (Å²) in [6.07, 6.45) is 2.34. The number of ether oxygens (including phenoxy) is 1. The molecule has 1 unspecified atom stereocenters. The highest BCUT2D eigenvalue weighted by Crippen LogP contribution is 2.30. The summed E-state index contributed by atoms with van der Waals surface area (Å²) in [5.74, 6) is -0.891. The number of hydrogen-bond acceptors (Lipinski definition) is 4. The first-order valence-corrected chi connectivity index (χ1v) is 4.57. The fraction of sp³-hybridized carbons (Fsp3) is 0.778. The largest absolute Gasteiger partial charge is 0.468 e. The summed E-state index contributed by atoms with van der Waals surface area (Å²) in [7, 11) is 1.33. The average Bonchev–Trinajstić information content (AvgIpc) is 2.89. The Labute approximate surface area is 76.8 Å². The van der Waals surface area contributed by atoms with Gasteiger partial charge in [0, 0.05) is 12.6 Å². The molecular weight excluding hydrogens is 170 g/mol. The van der Waals surface area contributed by atoms with Crippen molar-refractivity contribution in [3.05, 3.63) is 0 Å². The first-order valence-electron chi connectivity index (χ1n) is 4.57. The zero-order valence-electron chi connectivity index (χ0n) is 7.66. The van der Waals surface area contributed by atoms with Crippen molar-refractivity contribution in [2.45, 2.75) is 18.9 Å². The maximum Gasteiger partial charge on any atom is 0.317 e. The van der Waals surface area contributed by atoms with Gasteiger partial charge in [-0.25, -0.2) is 0 Å². The summed E-state index contributed by atoms with van der Waals surface area (Å²) < 4.78 is 4.57. The summed E-state index contributed by atoms with van der Waals surface area (Å²) >= 11 is 0. The number of esters is 1. The van der Waals surface area contributed by atoms with Crippen molar-refractivity contribution in [3.63, 3.8) is 0 Å². The van der Waals surface area contributed by atoms with Crippen molar-refractivity contribution in [1.29, 1.82) is 0 Å². The van der Waals surface area contributed by atoms with E-state index in [-0.39, 0.29) is 11.8 Å². The van der Waals surface area contributed by atoms with Crippen LogP contribution in [0.5, 0.6) is 0 Å². The molecule has 0 radical (unpaired) electrons. The first-order chi connectivity index (χ1) is 6.22. The Bertz CT molecular complexity index is 247. The van der Waals surface area contributed by atoms with Crippen molar-refractivity contribution >= 4 is 11.8 Å². The number of methoxy groups -OCH3 is 1. The monoisotopic (exact) mass is 183 g/mol. The van der Waals surface area contributed by atoms with E-state index in [2.05, 4.69) is 9.64 Å². The molecule has 2 aliphatic rings. The lowest BCUT2D eigenvalue weighted by Crippen LogP contribution is -2.26. The zero-order valence-corrected chi connectivity index (χ0v) is 7.66. The Morgan fingerprint density at radius 3 is 2.77 bits per heavy atom. The molecule has 1 saturated carbocycles. The van der Waals surface area contributed by atoms with Crippen molar-refractivity contribution in [2.75, 3.05) is 20.2 Å². The molecule has 1 atom stereocenters. The van der Waals surface area contributed by atoms with Gasteiger partial charge in [-0.05, 0) is 12.8 Å². The standard InChI is InChI=1S/C9H13NO3/c1-13-9(12)7-4-10(5-8(7)11)6-2-3-6/h6-7H,2-5H2,1H3. The molecule has 1 aliphatic carbocycles. The molecule has 0 aromatic carbocycles. The van der Waals surface area contributed by atoms with Gasteiger partial charge < -0.3 is 4.74 Å². The normalized spacial score (nSPS) is 29.3. The molecule has 1 heterocycles. The number of hydrogen-bond donors (Lipinski definition) is 0. The van der Waals surface area contributed by atoms with Gasteiger partial charge in [-0.15, -0.1) is 0 Å². The third-order valence-electron chi connectivity index (χ3n) is 2.71. The number of ketones is 1. The molecule has 0 amide bonds. The van der Waals surface area contributed by atoms with Crippen LogP contribution in [0.2, 0.25) is 0 Å². The molecule has 2 rings (SSSR count). The quantitative estimate of drug-likeness (QED) is 0.440. The lowest BCUT2D eigenvalue weighted by molar-refractivity contribution is -0.147. The smallest absolute Gasteiger partial charge is 0.317 e. The maximum absolute atomic E-state index is 11.4. The first kappa shape index (κ1) is 8.69. The average molecular weight is 183 g/mol. The van der Waals surface area contributed by atoms with Crippen LogP contribution in [-0.4, -0.2) is 42.9 Å². The third-order valence-corrected chi connectivity index (χ3v) is 2.71. The lowest BCUT2D eigenvalue weighted by atomic mass is 10.1. The molecule has 0 aromatic heterocycles. The molecule has 0 aromatic rings. The highest BCUT2D eigenvalue weighted by Gasteiger charge is 2.42. The molecule has 4 nitrogen and oxygen atoms in total. The fourth-order valence-corrected chi connectivity index (χ4v) is 1.78. The maximum atomic E-state index is 11.4. The molecule has 13 heavy (non-hydrogen) atoms. The van der Waals surface area contributed by atoms with Gasteiger partial charge in [-0.3, -0.25) is 14.5 Å². The van der Waals surface area contributed by atoms with Crippen LogP contribution in [-0.2, 0) is 14.3 Å². The van der Waals surface area contributed by atoms with Gasteiger partial charge in [0.2, 0.25) is 0 Å². The number of carbonyl (C=O) groups is 2. The van der Waals surface area contributed by atoms with E-state index in [4.69, 9.17) is 0 Å². The van der Waals surface area contributed by atoms with Crippen LogP contribution < -0.4 is 0 Å². The van der Waals surface area contributed by atoms with Crippen LogP contribution in [0, 0.1) is 5.92 Å². The minimum Gasteiger partial charge on any atom is -0.468 e. The predicted octanol–water partition coefficient (Wildman–Crippen LogP) is -0.177. The van der Waals surface area contributed by atoms with E-state index in [0.29, 0.717) is 19.1 Å². The Morgan fingerprint density at radius 1 is 1.54 bits per heavy atom. The molecule has 4 heteroatoms. The summed E-state index contributed by atoms with van der Waals surface area (Å²) in [6.45, 7) is 1.00. The van der Waals surface area contributed by atoms with Crippen LogP contribution in [0.25, 0.3) is 0 Å². The topological polar surface area (TPSA) is 46.6 Å². The van der Waals surface area contributed by atoms with Gasteiger partial charge in [0.25, 0.3) is 0 Å². The van der Waals surface area contributed by atoms with E-state index >= 15 is 0 Å². The minimum absolute atomic E-state index is 0.0127. The SMILES string of the molecule is COC(=O)C1CN(C2CC2)CC1=O. The van der Waals surface area contributed by atoms with Crippen LogP contribution in [0.4, 0.5) is 0 Å². The zero-order chi connectivity index (χ0) is 9.42. The number of likely N-dealkylation sites (tertiary alicyclic amines) is 1. The van der Waals surface area contributed by atoms with Gasteiger partial charge in [-0.2, -0.15) is 0 Å². The van der Waals surface area contributed by atoms with E-state index < -0.39 is 5.92 Å². The van der Waals surface area contributed by atoms with Gasteiger partial charge >= 0.3 is 5.97 Å². The van der Waals surface area contributed by atoms with Crippen LogP contribution in [0.1, 0.15) is 12.8 Å².